The van der Waals surface area contributed by atoms with Crippen molar-refractivity contribution in [3.8, 4) is 0 Å². The Bertz CT molecular complexity index is 641. The summed E-state index contributed by atoms with van der Waals surface area (Å²) in [7, 11) is 0. The molecule has 2 atom stereocenters. The minimum absolute atomic E-state index is 0.147. The Kier molecular flexibility index (Phi) is 3.72. The van der Waals surface area contributed by atoms with Gasteiger partial charge in [-0.25, -0.2) is 4.90 Å². The van der Waals surface area contributed by atoms with Gasteiger partial charge in [0.25, 0.3) is 11.8 Å². The van der Waals surface area contributed by atoms with E-state index in [-0.39, 0.29) is 23.6 Å². The second-order valence-corrected chi connectivity index (χ2v) is 5.99. The van der Waals surface area contributed by atoms with Crippen LogP contribution in [0.3, 0.4) is 0 Å². The number of amides is 3. The zero-order valence-corrected chi connectivity index (χ0v) is 12.9. The number of rotatable bonds is 2. The highest BCUT2D eigenvalue weighted by molar-refractivity contribution is 6.22. The third kappa shape index (κ3) is 2.12. The molecule has 1 aromatic rings. The van der Waals surface area contributed by atoms with E-state index in [1.54, 1.807) is 29.2 Å². The Hall–Kier alpha value is -2.17. The summed E-state index contributed by atoms with van der Waals surface area (Å²) in [5, 5.41) is 0. The lowest BCUT2D eigenvalue weighted by Gasteiger charge is -2.26. The molecule has 5 nitrogen and oxygen atoms in total. The molecule has 0 aliphatic carbocycles. The van der Waals surface area contributed by atoms with Gasteiger partial charge >= 0.3 is 0 Å². The van der Waals surface area contributed by atoms with Crippen LogP contribution in [0.15, 0.2) is 24.3 Å². The van der Waals surface area contributed by atoms with Crippen LogP contribution in [0.1, 0.15) is 43.5 Å². The summed E-state index contributed by atoms with van der Waals surface area (Å²) in [6.45, 7) is 4.32. The maximum atomic E-state index is 12.9. The molecule has 1 fully saturated rings. The number of benzene rings is 1. The largest absolute Gasteiger partial charge is 0.327 e. The van der Waals surface area contributed by atoms with Crippen molar-refractivity contribution in [2.24, 2.45) is 5.92 Å². The van der Waals surface area contributed by atoms with Gasteiger partial charge in [0.15, 0.2) is 0 Å². The van der Waals surface area contributed by atoms with Crippen LogP contribution >= 0.6 is 0 Å². The number of fused-ring (bicyclic) bond motifs is 2. The van der Waals surface area contributed by atoms with E-state index >= 15 is 0 Å². The Labute approximate surface area is 129 Å². The summed E-state index contributed by atoms with van der Waals surface area (Å²) >= 11 is 0. The van der Waals surface area contributed by atoms with Gasteiger partial charge in [-0.3, -0.25) is 14.4 Å². The Balaban J connectivity index is 2.14. The van der Waals surface area contributed by atoms with E-state index in [9.17, 15) is 14.4 Å². The lowest BCUT2D eigenvalue weighted by Crippen LogP contribution is -2.48. The van der Waals surface area contributed by atoms with Gasteiger partial charge in [-0.05, 0) is 31.4 Å². The molecule has 0 aromatic heterocycles. The van der Waals surface area contributed by atoms with Crippen molar-refractivity contribution in [1.82, 2.24) is 4.90 Å². The summed E-state index contributed by atoms with van der Waals surface area (Å²) in [5.41, 5.74) is 0.870. The van der Waals surface area contributed by atoms with Crippen LogP contribution in [0.4, 0.5) is 5.69 Å². The maximum Gasteiger partial charge on any atom is 0.256 e. The highest BCUT2D eigenvalue weighted by Crippen LogP contribution is 2.33. The molecule has 2 aliphatic heterocycles. The first-order chi connectivity index (χ1) is 10.6. The van der Waals surface area contributed by atoms with Crippen molar-refractivity contribution in [2.75, 3.05) is 11.4 Å². The van der Waals surface area contributed by atoms with Gasteiger partial charge in [0.2, 0.25) is 5.91 Å². The zero-order chi connectivity index (χ0) is 15.9. The van der Waals surface area contributed by atoms with Crippen molar-refractivity contribution in [1.29, 1.82) is 0 Å². The molecule has 3 rings (SSSR count). The third-order valence-corrected chi connectivity index (χ3v) is 4.65. The molecule has 116 valence electrons. The van der Waals surface area contributed by atoms with Crippen molar-refractivity contribution in [3.63, 3.8) is 0 Å². The predicted molar refractivity (Wildman–Crippen MR) is 82.4 cm³/mol. The van der Waals surface area contributed by atoms with Gasteiger partial charge in [-0.1, -0.05) is 26.0 Å². The Morgan fingerprint density at radius 2 is 2.05 bits per heavy atom. The van der Waals surface area contributed by atoms with Gasteiger partial charge in [0, 0.05) is 12.5 Å². The summed E-state index contributed by atoms with van der Waals surface area (Å²) in [6.07, 6.45) is 2.09. The van der Waals surface area contributed by atoms with Crippen molar-refractivity contribution >= 4 is 23.4 Å². The van der Waals surface area contributed by atoms with Crippen LogP contribution < -0.4 is 4.90 Å². The van der Waals surface area contributed by atoms with Crippen LogP contribution in [0, 0.1) is 5.92 Å². The Morgan fingerprint density at radius 3 is 2.77 bits per heavy atom. The molecule has 3 amide bonds. The van der Waals surface area contributed by atoms with E-state index in [4.69, 9.17) is 0 Å². The summed E-state index contributed by atoms with van der Waals surface area (Å²) < 4.78 is 0. The molecule has 0 bridgehead atoms. The molecule has 2 aliphatic rings. The first kappa shape index (κ1) is 14.8. The monoisotopic (exact) mass is 300 g/mol. The maximum absolute atomic E-state index is 12.9. The number of hydrogen-bond acceptors (Lipinski definition) is 3. The van der Waals surface area contributed by atoms with E-state index in [2.05, 4.69) is 0 Å². The van der Waals surface area contributed by atoms with E-state index < -0.39 is 6.04 Å². The SMILES string of the molecule is CCC(C)C(=O)N1C(=O)C2CCCN2C(=O)c2ccccc21. The number of carbonyl (C=O) groups is 3. The van der Waals surface area contributed by atoms with Crippen LogP contribution in [-0.4, -0.2) is 35.2 Å². The lowest BCUT2D eigenvalue weighted by molar-refractivity contribution is -0.130. The van der Waals surface area contributed by atoms with Gasteiger partial charge in [-0.15, -0.1) is 0 Å². The minimum atomic E-state index is -0.507. The van der Waals surface area contributed by atoms with E-state index in [1.807, 2.05) is 13.8 Å². The first-order valence-corrected chi connectivity index (χ1v) is 7.84. The van der Waals surface area contributed by atoms with E-state index in [1.165, 1.54) is 4.90 Å². The molecule has 0 spiro atoms. The summed E-state index contributed by atoms with van der Waals surface area (Å²) in [6, 6.07) is 6.40. The fourth-order valence-corrected chi connectivity index (χ4v) is 3.16. The minimum Gasteiger partial charge on any atom is -0.327 e. The molecule has 0 radical (unpaired) electrons. The molecule has 0 N–H and O–H groups in total. The van der Waals surface area contributed by atoms with Crippen molar-refractivity contribution in [3.05, 3.63) is 29.8 Å². The smallest absolute Gasteiger partial charge is 0.256 e. The lowest BCUT2D eigenvalue weighted by atomic mass is 10.0. The van der Waals surface area contributed by atoms with Gasteiger partial charge in [-0.2, -0.15) is 0 Å². The van der Waals surface area contributed by atoms with Crippen LogP contribution in [0.25, 0.3) is 0 Å². The number of nitrogens with zero attached hydrogens (tertiary/aromatic N) is 2. The molecular weight excluding hydrogens is 280 g/mol. The topological polar surface area (TPSA) is 57.7 Å². The van der Waals surface area contributed by atoms with Gasteiger partial charge in [0.1, 0.15) is 6.04 Å². The summed E-state index contributed by atoms with van der Waals surface area (Å²) in [5.74, 6) is -0.881. The van der Waals surface area contributed by atoms with Crippen molar-refractivity contribution < 1.29 is 14.4 Å². The molecule has 22 heavy (non-hydrogen) atoms. The van der Waals surface area contributed by atoms with Gasteiger partial charge < -0.3 is 4.90 Å². The number of hydrogen-bond donors (Lipinski definition) is 0. The van der Waals surface area contributed by atoms with Crippen molar-refractivity contribution in [2.45, 2.75) is 39.2 Å². The predicted octanol–water partition coefficient (Wildman–Crippen LogP) is 2.21. The molecule has 1 aromatic carbocycles. The van der Waals surface area contributed by atoms with Gasteiger partial charge in [0.05, 0.1) is 11.3 Å². The molecule has 2 unspecified atom stereocenters. The van der Waals surface area contributed by atoms with E-state index in [0.29, 0.717) is 30.6 Å². The molecule has 5 heteroatoms. The Morgan fingerprint density at radius 1 is 1.32 bits per heavy atom. The average Bonchev–Trinajstić information content (AvgIpc) is 3.00. The second kappa shape index (κ2) is 5.55. The quantitative estimate of drug-likeness (QED) is 0.841. The fraction of sp³-hybridized carbons (Fsp3) is 0.471. The first-order valence-electron chi connectivity index (χ1n) is 7.84. The molecule has 1 saturated heterocycles. The highest BCUT2D eigenvalue weighted by atomic mass is 16.2. The highest BCUT2D eigenvalue weighted by Gasteiger charge is 2.44. The normalized spacial score (nSPS) is 22.2. The standard InChI is InChI=1S/C17H20N2O3/c1-3-11(2)15(20)19-13-8-5-4-7-12(13)16(21)18-10-6-9-14(18)17(19)22/h4-5,7-8,11,14H,3,6,9-10H2,1-2H3. The fourth-order valence-electron chi connectivity index (χ4n) is 3.16. The molecule has 2 heterocycles. The number of imide groups is 1. The van der Waals surface area contributed by atoms with Crippen LogP contribution in [-0.2, 0) is 9.59 Å². The zero-order valence-electron chi connectivity index (χ0n) is 12.9. The number of para-hydroxylation sites is 1. The van der Waals surface area contributed by atoms with Crippen LogP contribution in [0.5, 0.6) is 0 Å². The second-order valence-electron chi connectivity index (χ2n) is 5.99. The molecular formula is C17H20N2O3. The third-order valence-electron chi connectivity index (χ3n) is 4.65. The molecule has 0 saturated carbocycles. The average molecular weight is 300 g/mol. The van der Waals surface area contributed by atoms with Crippen LogP contribution in [0.2, 0.25) is 0 Å². The number of anilines is 1. The number of carbonyl (C=O) groups excluding carboxylic acids is 3. The summed E-state index contributed by atoms with van der Waals surface area (Å²) in [4.78, 5) is 41.2. The van der Waals surface area contributed by atoms with E-state index in [0.717, 1.165) is 6.42 Å².